The lowest BCUT2D eigenvalue weighted by atomic mass is 10.1. The van der Waals surface area contributed by atoms with E-state index in [0.29, 0.717) is 0 Å². The monoisotopic (exact) mass is 216 g/mol. The second kappa shape index (κ2) is 6.70. The molecular weight excluding hydrogens is 192 g/mol. The Morgan fingerprint density at radius 2 is 2.36 bits per heavy atom. The lowest BCUT2D eigenvalue weighted by Crippen LogP contribution is -2.52. The fourth-order valence-electron chi connectivity index (χ4n) is 2.18. The Morgan fingerprint density at radius 3 is 3.00 bits per heavy atom. The number of rotatable bonds is 5. The van der Waals surface area contributed by atoms with Gasteiger partial charge in [0.05, 0.1) is 0 Å². The molecule has 1 rings (SSSR count). The first-order valence-corrected chi connectivity index (χ1v) is 7.11. The number of nitrogens with one attached hydrogen (secondary N) is 1. The molecule has 2 nitrogen and oxygen atoms in total. The SMILES string of the molecule is CCC1CNCCN1CC(C)CSC. The van der Waals surface area contributed by atoms with E-state index in [4.69, 9.17) is 0 Å². The van der Waals surface area contributed by atoms with Crippen LogP contribution in [0.25, 0.3) is 0 Å². The van der Waals surface area contributed by atoms with E-state index < -0.39 is 0 Å². The normalized spacial score (nSPS) is 26.4. The van der Waals surface area contributed by atoms with Crippen LogP contribution in [-0.4, -0.2) is 49.1 Å². The van der Waals surface area contributed by atoms with Gasteiger partial charge in [0.25, 0.3) is 0 Å². The predicted molar refractivity (Wildman–Crippen MR) is 66.1 cm³/mol. The molecule has 14 heavy (non-hydrogen) atoms. The smallest absolute Gasteiger partial charge is 0.0218 e. The van der Waals surface area contributed by atoms with Crippen LogP contribution in [0.5, 0.6) is 0 Å². The van der Waals surface area contributed by atoms with E-state index in [1.54, 1.807) is 0 Å². The molecule has 0 aromatic heterocycles. The molecule has 1 saturated heterocycles. The summed E-state index contributed by atoms with van der Waals surface area (Å²) in [6.45, 7) is 9.53. The molecule has 0 aromatic rings. The molecule has 2 unspecified atom stereocenters. The molecule has 0 bridgehead atoms. The van der Waals surface area contributed by atoms with Gasteiger partial charge in [-0.1, -0.05) is 13.8 Å². The molecule has 0 spiro atoms. The summed E-state index contributed by atoms with van der Waals surface area (Å²) in [6.07, 6.45) is 3.48. The summed E-state index contributed by atoms with van der Waals surface area (Å²) in [7, 11) is 0. The van der Waals surface area contributed by atoms with E-state index in [1.165, 1.54) is 38.4 Å². The van der Waals surface area contributed by atoms with Gasteiger partial charge in [0.1, 0.15) is 0 Å². The van der Waals surface area contributed by atoms with Crippen molar-refractivity contribution in [2.75, 3.05) is 38.2 Å². The Labute approximate surface area is 92.8 Å². The second-order valence-electron chi connectivity index (χ2n) is 4.32. The molecular formula is C11H24N2S. The van der Waals surface area contributed by atoms with E-state index in [1.807, 2.05) is 11.8 Å². The molecule has 0 radical (unpaired) electrons. The Balaban J connectivity index is 2.32. The van der Waals surface area contributed by atoms with E-state index in [9.17, 15) is 0 Å². The minimum Gasteiger partial charge on any atom is -0.314 e. The minimum atomic E-state index is 0.771. The summed E-state index contributed by atoms with van der Waals surface area (Å²) in [5, 5.41) is 3.47. The molecule has 2 atom stereocenters. The van der Waals surface area contributed by atoms with E-state index in [0.717, 1.165) is 12.0 Å². The van der Waals surface area contributed by atoms with Gasteiger partial charge in [-0.05, 0) is 24.3 Å². The van der Waals surface area contributed by atoms with Gasteiger partial charge < -0.3 is 5.32 Å². The molecule has 1 aliphatic heterocycles. The average Bonchev–Trinajstić information content (AvgIpc) is 2.19. The molecule has 1 N–H and O–H groups in total. The van der Waals surface area contributed by atoms with E-state index in [-0.39, 0.29) is 0 Å². The summed E-state index contributed by atoms with van der Waals surface area (Å²) >= 11 is 1.96. The third-order valence-corrected chi connectivity index (χ3v) is 3.84. The Bertz CT molecular complexity index is 152. The number of hydrogen-bond donors (Lipinski definition) is 1. The topological polar surface area (TPSA) is 15.3 Å². The molecule has 0 aliphatic carbocycles. The zero-order chi connectivity index (χ0) is 10.4. The summed E-state index contributed by atoms with van der Waals surface area (Å²) in [4.78, 5) is 2.66. The van der Waals surface area contributed by atoms with Crippen LogP contribution >= 0.6 is 11.8 Å². The van der Waals surface area contributed by atoms with Crippen molar-refractivity contribution < 1.29 is 0 Å². The minimum absolute atomic E-state index is 0.771. The standard InChI is InChI=1S/C11H24N2S/c1-4-11-7-12-5-6-13(11)8-10(2)9-14-3/h10-12H,4-9H2,1-3H3. The first-order chi connectivity index (χ1) is 6.77. The number of piperazine rings is 1. The lowest BCUT2D eigenvalue weighted by molar-refractivity contribution is 0.141. The van der Waals surface area contributed by atoms with Crippen molar-refractivity contribution in [1.82, 2.24) is 10.2 Å². The van der Waals surface area contributed by atoms with Crippen molar-refractivity contribution in [1.29, 1.82) is 0 Å². The third-order valence-electron chi connectivity index (χ3n) is 2.94. The fraction of sp³-hybridized carbons (Fsp3) is 1.00. The molecule has 1 aliphatic rings. The van der Waals surface area contributed by atoms with Crippen molar-refractivity contribution in [3.05, 3.63) is 0 Å². The maximum atomic E-state index is 3.47. The van der Waals surface area contributed by atoms with Crippen molar-refractivity contribution in [2.24, 2.45) is 5.92 Å². The molecule has 0 aromatic carbocycles. The second-order valence-corrected chi connectivity index (χ2v) is 5.23. The van der Waals surface area contributed by atoms with Crippen LogP contribution in [-0.2, 0) is 0 Å². The van der Waals surface area contributed by atoms with Crippen LogP contribution in [0.1, 0.15) is 20.3 Å². The van der Waals surface area contributed by atoms with Crippen LogP contribution in [0.2, 0.25) is 0 Å². The molecule has 1 heterocycles. The highest BCUT2D eigenvalue weighted by molar-refractivity contribution is 7.98. The van der Waals surface area contributed by atoms with Crippen molar-refractivity contribution in [3.63, 3.8) is 0 Å². The summed E-state index contributed by atoms with van der Waals surface area (Å²) < 4.78 is 0. The molecule has 0 amide bonds. The van der Waals surface area contributed by atoms with Crippen LogP contribution in [0, 0.1) is 5.92 Å². The highest BCUT2D eigenvalue weighted by Crippen LogP contribution is 2.12. The van der Waals surface area contributed by atoms with Crippen molar-refractivity contribution in [3.8, 4) is 0 Å². The average molecular weight is 216 g/mol. The van der Waals surface area contributed by atoms with E-state index in [2.05, 4.69) is 30.3 Å². The van der Waals surface area contributed by atoms with E-state index >= 15 is 0 Å². The van der Waals surface area contributed by atoms with Crippen LogP contribution in [0.3, 0.4) is 0 Å². The summed E-state index contributed by atoms with van der Waals surface area (Å²) in [5.41, 5.74) is 0. The maximum absolute atomic E-state index is 3.47. The zero-order valence-corrected chi connectivity index (χ0v) is 10.6. The Hall–Kier alpha value is 0.270. The van der Waals surface area contributed by atoms with Gasteiger partial charge in [0.2, 0.25) is 0 Å². The highest BCUT2D eigenvalue weighted by atomic mass is 32.2. The predicted octanol–water partition coefficient (Wildman–Crippen LogP) is 1.67. The van der Waals surface area contributed by atoms with Crippen molar-refractivity contribution >= 4 is 11.8 Å². The fourth-order valence-corrected chi connectivity index (χ4v) is 2.86. The molecule has 1 fully saturated rings. The van der Waals surface area contributed by atoms with Gasteiger partial charge in [-0.2, -0.15) is 11.8 Å². The third kappa shape index (κ3) is 3.79. The first-order valence-electron chi connectivity index (χ1n) is 5.71. The van der Waals surface area contributed by atoms with Crippen molar-refractivity contribution in [2.45, 2.75) is 26.3 Å². The van der Waals surface area contributed by atoms with Gasteiger partial charge in [-0.15, -0.1) is 0 Å². The van der Waals surface area contributed by atoms with Gasteiger partial charge in [0.15, 0.2) is 0 Å². The van der Waals surface area contributed by atoms with Crippen LogP contribution < -0.4 is 5.32 Å². The summed E-state index contributed by atoms with van der Waals surface area (Å²) in [6, 6.07) is 0.771. The molecule has 0 saturated carbocycles. The van der Waals surface area contributed by atoms with Gasteiger partial charge in [-0.3, -0.25) is 4.90 Å². The quantitative estimate of drug-likeness (QED) is 0.752. The Morgan fingerprint density at radius 1 is 1.57 bits per heavy atom. The number of hydrogen-bond acceptors (Lipinski definition) is 3. The number of thioether (sulfide) groups is 1. The van der Waals surface area contributed by atoms with Crippen LogP contribution in [0.4, 0.5) is 0 Å². The largest absolute Gasteiger partial charge is 0.314 e. The van der Waals surface area contributed by atoms with Gasteiger partial charge in [-0.25, -0.2) is 0 Å². The molecule has 3 heteroatoms. The Kier molecular flexibility index (Phi) is 5.90. The lowest BCUT2D eigenvalue weighted by Gasteiger charge is -2.37. The maximum Gasteiger partial charge on any atom is 0.0218 e. The molecule has 84 valence electrons. The highest BCUT2D eigenvalue weighted by Gasteiger charge is 2.21. The van der Waals surface area contributed by atoms with Gasteiger partial charge >= 0.3 is 0 Å². The summed E-state index contributed by atoms with van der Waals surface area (Å²) in [5.74, 6) is 2.12. The zero-order valence-electron chi connectivity index (χ0n) is 9.75. The van der Waals surface area contributed by atoms with Crippen LogP contribution in [0.15, 0.2) is 0 Å². The first kappa shape index (κ1) is 12.3. The van der Waals surface area contributed by atoms with Gasteiger partial charge in [0, 0.05) is 32.2 Å². The number of nitrogens with zero attached hydrogens (tertiary/aromatic N) is 1.